The number of aliphatic carboxylic acids is 1. The molecule has 0 aliphatic heterocycles. The van der Waals surface area contributed by atoms with Crippen molar-refractivity contribution < 1.29 is 52.4 Å². The van der Waals surface area contributed by atoms with E-state index in [1.165, 1.54) is 0 Å². The first-order valence-corrected chi connectivity index (χ1v) is 3.90. The molecule has 0 saturated heterocycles. The normalized spacial score (nSPS) is 8.64. The van der Waals surface area contributed by atoms with Crippen LogP contribution in [0.25, 0.3) is 0 Å². The Morgan fingerprint density at radius 2 is 1.73 bits per heavy atom. The molecule has 5 nitrogen and oxygen atoms in total. The van der Waals surface area contributed by atoms with Crippen molar-refractivity contribution in [1.82, 2.24) is 0 Å². The first-order valence-electron chi connectivity index (χ1n) is 2.29. The third-order valence-electron chi connectivity index (χ3n) is 0.306. The molecule has 0 saturated carbocycles. The van der Waals surface area contributed by atoms with E-state index in [2.05, 4.69) is 6.92 Å². The van der Waals surface area contributed by atoms with Crippen LogP contribution in [-0.4, -0.2) is 29.8 Å². The Labute approximate surface area is 87.8 Å². The van der Waals surface area contributed by atoms with Crippen molar-refractivity contribution in [2.75, 3.05) is 5.75 Å². The van der Waals surface area contributed by atoms with Gasteiger partial charge in [0.15, 0.2) is 5.75 Å². The molecule has 0 aromatic carbocycles. The van der Waals surface area contributed by atoms with Gasteiger partial charge in [-0.05, 0) is 0 Å². The molecular weight excluding hydrogens is 183 g/mol. The van der Waals surface area contributed by atoms with Crippen LogP contribution < -0.4 is 29.6 Å². The van der Waals surface area contributed by atoms with Crippen LogP contribution in [-0.2, 0) is 14.9 Å². The Kier molecular flexibility index (Phi) is 13.5. The predicted octanol–water partition coefficient (Wildman–Crippen LogP) is -3.20. The second kappa shape index (κ2) is 8.48. The molecule has 0 aliphatic rings. The van der Waals surface area contributed by atoms with Crippen LogP contribution in [0.1, 0.15) is 6.92 Å². The summed E-state index contributed by atoms with van der Waals surface area (Å²) in [6, 6.07) is 0. The van der Waals surface area contributed by atoms with Crippen molar-refractivity contribution in [2.24, 2.45) is 0 Å². The van der Waals surface area contributed by atoms with Crippen LogP contribution >= 0.6 is 0 Å². The van der Waals surface area contributed by atoms with Gasteiger partial charge in [0.2, 0.25) is 0 Å². The van der Waals surface area contributed by atoms with E-state index in [-0.39, 0.29) is 29.6 Å². The second-order valence-electron chi connectivity index (χ2n) is 1.12. The first kappa shape index (κ1) is 17.5. The maximum absolute atomic E-state index is 9.62. The molecule has 0 aromatic heterocycles. The van der Waals surface area contributed by atoms with Crippen molar-refractivity contribution in [2.45, 2.75) is 6.92 Å². The summed E-state index contributed by atoms with van der Waals surface area (Å²) >= 11 is 0. The molecule has 0 spiro atoms. The molecule has 0 bridgehead atoms. The Morgan fingerprint density at radius 1 is 1.45 bits per heavy atom. The zero-order valence-electron chi connectivity index (χ0n) is 6.44. The van der Waals surface area contributed by atoms with E-state index in [1.54, 1.807) is 6.92 Å². The van der Waals surface area contributed by atoms with E-state index in [0.29, 0.717) is 0 Å². The molecule has 62 valence electrons. The summed E-state index contributed by atoms with van der Waals surface area (Å²) in [5.74, 6) is -2.79. The summed E-state index contributed by atoms with van der Waals surface area (Å²) in [5, 5.41) is 7.71. The third kappa shape index (κ3) is 25.2. The quantitative estimate of drug-likeness (QED) is 0.273. The molecule has 0 aromatic rings. The van der Waals surface area contributed by atoms with Crippen LogP contribution in [0.4, 0.5) is 0 Å². The minimum absolute atomic E-state index is 0. The summed E-state index contributed by atoms with van der Waals surface area (Å²) < 4.78 is 27.0. The SMILES string of the molecule is O=C(O)CS(=O)(=O)O.[CH2-]C.[Na+]. The predicted molar refractivity (Wildman–Crippen MR) is 35.1 cm³/mol. The van der Waals surface area contributed by atoms with Crippen LogP contribution in [0.2, 0.25) is 0 Å². The molecule has 0 fully saturated rings. The number of carboxylic acids is 1. The summed E-state index contributed by atoms with van der Waals surface area (Å²) in [5.41, 5.74) is 0. The minimum Gasteiger partial charge on any atom is -0.480 e. The average molecular weight is 192 g/mol. The van der Waals surface area contributed by atoms with E-state index in [1.807, 2.05) is 0 Å². The fourth-order valence-electron chi connectivity index (χ4n) is 0.156. The number of hydrogen-bond donors (Lipinski definition) is 2. The van der Waals surface area contributed by atoms with Crippen LogP contribution in [0, 0.1) is 6.92 Å². The third-order valence-corrected chi connectivity index (χ3v) is 0.918. The smallest absolute Gasteiger partial charge is 0.480 e. The van der Waals surface area contributed by atoms with E-state index >= 15 is 0 Å². The monoisotopic (exact) mass is 192 g/mol. The van der Waals surface area contributed by atoms with Crippen molar-refractivity contribution in [3.8, 4) is 0 Å². The molecule has 0 heterocycles. The Hall–Kier alpha value is 0.380. The minimum atomic E-state index is -4.32. The molecule has 0 rings (SSSR count). The molecule has 0 radical (unpaired) electrons. The van der Waals surface area contributed by atoms with E-state index in [0.717, 1.165) is 0 Å². The standard InChI is InChI=1S/C2H4O5S.C2H5.Na/c3-2(4)1-8(5,6)7;1-2;/h1H2,(H,3,4)(H,5,6,7);1H2,2H3;/q;-1;+1. The first-order chi connectivity index (χ1) is 4.42. The Balaban J connectivity index is -0.000000196. The van der Waals surface area contributed by atoms with Gasteiger partial charge in [0.1, 0.15) is 0 Å². The summed E-state index contributed by atoms with van der Waals surface area (Å²) in [6.45, 7) is 5.00. The van der Waals surface area contributed by atoms with E-state index < -0.39 is 21.8 Å². The van der Waals surface area contributed by atoms with Gasteiger partial charge in [-0.2, -0.15) is 15.3 Å². The fourth-order valence-corrected chi connectivity index (χ4v) is 0.468. The number of carboxylic acid groups (broad SMARTS) is 1. The maximum atomic E-state index is 9.62. The summed E-state index contributed by atoms with van der Waals surface area (Å²) in [4.78, 5) is 9.48. The maximum Gasteiger partial charge on any atom is 1.00 e. The number of hydrogen-bond acceptors (Lipinski definition) is 3. The van der Waals surface area contributed by atoms with Gasteiger partial charge in [-0.15, -0.1) is 0 Å². The fraction of sp³-hybridized carbons (Fsp3) is 0.500. The van der Waals surface area contributed by atoms with Gasteiger partial charge in [-0.25, -0.2) is 0 Å². The topological polar surface area (TPSA) is 91.7 Å². The van der Waals surface area contributed by atoms with Gasteiger partial charge in [-0.1, -0.05) is 0 Å². The number of carbonyl (C=O) groups is 1. The molecule has 11 heavy (non-hydrogen) atoms. The molecule has 0 amide bonds. The van der Waals surface area contributed by atoms with Crippen molar-refractivity contribution in [3.63, 3.8) is 0 Å². The van der Waals surface area contributed by atoms with Crippen molar-refractivity contribution in [1.29, 1.82) is 0 Å². The Morgan fingerprint density at radius 3 is 1.73 bits per heavy atom. The molecule has 7 heteroatoms. The van der Waals surface area contributed by atoms with E-state index in [9.17, 15) is 13.2 Å². The van der Waals surface area contributed by atoms with Gasteiger partial charge < -0.3 is 12.0 Å². The second-order valence-corrected chi connectivity index (χ2v) is 2.57. The van der Waals surface area contributed by atoms with Gasteiger partial charge in [0, 0.05) is 0 Å². The van der Waals surface area contributed by atoms with Gasteiger partial charge in [-0.3, -0.25) is 9.35 Å². The van der Waals surface area contributed by atoms with Crippen molar-refractivity contribution in [3.05, 3.63) is 6.92 Å². The largest absolute Gasteiger partial charge is 1.00 e. The summed E-state index contributed by atoms with van der Waals surface area (Å²) in [6.07, 6.45) is 0. The van der Waals surface area contributed by atoms with Gasteiger partial charge in [0.25, 0.3) is 10.1 Å². The molecule has 2 N–H and O–H groups in total. The molecule has 0 aliphatic carbocycles. The van der Waals surface area contributed by atoms with Gasteiger partial charge >= 0.3 is 35.5 Å². The molecule has 0 unspecified atom stereocenters. The summed E-state index contributed by atoms with van der Waals surface area (Å²) in [7, 11) is -4.32. The average Bonchev–Trinajstić information content (AvgIpc) is 1.64. The van der Waals surface area contributed by atoms with Gasteiger partial charge in [0.05, 0.1) is 0 Å². The van der Waals surface area contributed by atoms with Crippen molar-refractivity contribution >= 4 is 16.1 Å². The van der Waals surface area contributed by atoms with Crippen LogP contribution in [0.3, 0.4) is 0 Å². The zero-order chi connectivity index (χ0) is 8.78. The molecular formula is C4H9NaO5S. The number of rotatable bonds is 2. The Bertz CT molecular complexity index is 185. The van der Waals surface area contributed by atoms with Crippen LogP contribution in [0.5, 0.6) is 0 Å². The van der Waals surface area contributed by atoms with E-state index in [4.69, 9.17) is 9.66 Å². The van der Waals surface area contributed by atoms with Crippen LogP contribution in [0.15, 0.2) is 0 Å². The zero-order valence-corrected chi connectivity index (χ0v) is 9.26. The molecule has 0 atom stereocenters.